The minimum absolute atomic E-state index is 0.0791. The van der Waals surface area contributed by atoms with Crippen molar-refractivity contribution in [1.29, 1.82) is 0 Å². The lowest BCUT2D eigenvalue weighted by atomic mass is 10.3. The summed E-state index contributed by atoms with van der Waals surface area (Å²) in [5.74, 6) is -0.0791. The molecular weight excluding hydrogens is 170 g/mol. The summed E-state index contributed by atoms with van der Waals surface area (Å²) < 4.78 is 0. The van der Waals surface area contributed by atoms with E-state index in [0.717, 1.165) is 5.69 Å². The first kappa shape index (κ1) is 9.13. The monoisotopic (exact) mass is 181 g/mol. The predicted octanol–water partition coefficient (Wildman–Crippen LogP) is 1.94. The fourth-order valence-electron chi connectivity index (χ4n) is 0.768. The van der Waals surface area contributed by atoms with Crippen LogP contribution in [0.5, 0.6) is 0 Å². The maximum Gasteiger partial charge on any atom is 0.236 e. The van der Waals surface area contributed by atoms with Crippen molar-refractivity contribution in [3.63, 3.8) is 0 Å². The molecule has 1 N–H and O–H groups in total. The van der Waals surface area contributed by atoms with Gasteiger partial charge in [-0.1, -0.05) is 18.2 Å². The van der Waals surface area contributed by atoms with Crippen molar-refractivity contribution < 1.29 is 4.79 Å². The van der Waals surface area contributed by atoms with Crippen molar-refractivity contribution in [3.8, 4) is 0 Å². The molecule has 0 fully saturated rings. The van der Waals surface area contributed by atoms with Crippen LogP contribution in [0.3, 0.4) is 0 Å². The topological polar surface area (TPSA) is 29.1 Å². The highest BCUT2D eigenvalue weighted by Crippen LogP contribution is 2.06. The summed E-state index contributed by atoms with van der Waals surface area (Å²) in [6, 6.07) is 9.33. The van der Waals surface area contributed by atoms with Crippen molar-refractivity contribution in [3.05, 3.63) is 30.3 Å². The second kappa shape index (κ2) is 4.16. The molecule has 0 radical (unpaired) electrons. The second-order valence-corrected chi connectivity index (χ2v) is 3.31. The Hall–Kier alpha value is -0.960. The van der Waals surface area contributed by atoms with Crippen molar-refractivity contribution in [2.24, 2.45) is 0 Å². The molecule has 0 saturated heterocycles. The van der Waals surface area contributed by atoms with Gasteiger partial charge in [0.2, 0.25) is 5.91 Å². The van der Waals surface area contributed by atoms with Crippen molar-refractivity contribution in [1.82, 2.24) is 0 Å². The SMILES string of the molecule is C[C@@H](S)C(=O)Nc1ccccc1. The molecule has 12 heavy (non-hydrogen) atoms. The number of anilines is 1. The zero-order valence-electron chi connectivity index (χ0n) is 6.82. The Balaban J connectivity index is 2.59. The summed E-state index contributed by atoms with van der Waals surface area (Å²) in [7, 11) is 0. The Labute approximate surface area is 77.4 Å². The lowest BCUT2D eigenvalue weighted by Gasteiger charge is -2.05. The molecule has 0 aliphatic rings. The van der Waals surface area contributed by atoms with Crippen LogP contribution < -0.4 is 5.32 Å². The van der Waals surface area contributed by atoms with Crippen LogP contribution in [0, 0.1) is 0 Å². The number of thiol groups is 1. The van der Waals surface area contributed by atoms with Gasteiger partial charge in [-0.2, -0.15) is 12.6 Å². The van der Waals surface area contributed by atoms with Gasteiger partial charge in [0.25, 0.3) is 0 Å². The Morgan fingerprint density at radius 1 is 1.42 bits per heavy atom. The van der Waals surface area contributed by atoms with Crippen LogP contribution in [0.15, 0.2) is 30.3 Å². The lowest BCUT2D eigenvalue weighted by Crippen LogP contribution is -2.20. The molecule has 0 unspecified atom stereocenters. The third-order valence-corrected chi connectivity index (χ3v) is 1.66. The average molecular weight is 181 g/mol. The largest absolute Gasteiger partial charge is 0.325 e. The van der Waals surface area contributed by atoms with E-state index in [4.69, 9.17) is 0 Å². The number of nitrogens with one attached hydrogen (secondary N) is 1. The molecule has 0 saturated carbocycles. The first-order chi connectivity index (χ1) is 5.70. The van der Waals surface area contributed by atoms with Crippen LogP contribution in [0.1, 0.15) is 6.92 Å². The third kappa shape index (κ3) is 2.58. The summed E-state index contributed by atoms with van der Waals surface area (Å²) in [5, 5.41) is 2.45. The molecule has 2 nitrogen and oxygen atoms in total. The van der Waals surface area contributed by atoms with Gasteiger partial charge in [-0.15, -0.1) is 0 Å². The summed E-state index contributed by atoms with van der Waals surface area (Å²) in [6.07, 6.45) is 0. The van der Waals surface area contributed by atoms with Crippen LogP contribution in [-0.4, -0.2) is 11.2 Å². The molecule has 64 valence electrons. The first-order valence-corrected chi connectivity index (χ1v) is 4.26. The van der Waals surface area contributed by atoms with E-state index in [9.17, 15) is 4.79 Å². The van der Waals surface area contributed by atoms with Gasteiger partial charge in [0.15, 0.2) is 0 Å². The molecule has 1 amide bonds. The second-order valence-electron chi connectivity index (χ2n) is 2.53. The molecule has 1 aromatic rings. The zero-order valence-corrected chi connectivity index (χ0v) is 7.71. The molecule has 0 aliphatic carbocycles. The number of carbonyl (C=O) groups excluding carboxylic acids is 1. The van der Waals surface area contributed by atoms with E-state index in [2.05, 4.69) is 17.9 Å². The van der Waals surface area contributed by atoms with Gasteiger partial charge in [0.1, 0.15) is 0 Å². The summed E-state index contributed by atoms with van der Waals surface area (Å²) in [6.45, 7) is 1.74. The van der Waals surface area contributed by atoms with Gasteiger partial charge >= 0.3 is 0 Å². The summed E-state index contributed by atoms with van der Waals surface area (Å²) in [5.41, 5.74) is 0.809. The molecule has 0 aliphatic heterocycles. The standard InChI is InChI=1S/C9H11NOS/c1-7(12)9(11)10-8-5-3-2-4-6-8/h2-7,12H,1H3,(H,10,11)/t7-/m1/s1. The van der Waals surface area contributed by atoms with Gasteiger partial charge < -0.3 is 5.32 Å². The van der Waals surface area contributed by atoms with E-state index < -0.39 is 0 Å². The quantitative estimate of drug-likeness (QED) is 0.671. The molecular formula is C9H11NOS. The number of hydrogen-bond donors (Lipinski definition) is 2. The summed E-state index contributed by atoms with van der Waals surface area (Å²) in [4.78, 5) is 11.1. The first-order valence-electron chi connectivity index (χ1n) is 3.74. The van der Waals surface area contributed by atoms with Crippen LogP contribution >= 0.6 is 12.6 Å². The van der Waals surface area contributed by atoms with Gasteiger partial charge in [0.05, 0.1) is 5.25 Å². The van der Waals surface area contributed by atoms with E-state index in [1.807, 2.05) is 30.3 Å². The number of amides is 1. The molecule has 0 spiro atoms. The Morgan fingerprint density at radius 2 is 2.00 bits per heavy atom. The van der Waals surface area contributed by atoms with Gasteiger partial charge in [-0.25, -0.2) is 0 Å². The minimum Gasteiger partial charge on any atom is -0.325 e. The van der Waals surface area contributed by atoms with E-state index in [1.54, 1.807) is 6.92 Å². The third-order valence-electron chi connectivity index (χ3n) is 1.42. The molecule has 1 atom stereocenters. The zero-order chi connectivity index (χ0) is 8.97. The minimum atomic E-state index is -0.273. The normalized spacial score (nSPS) is 12.2. The fourth-order valence-corrected chi connectivity index (χ4v) is 0.833. The number of benzene rings is 1. The Kier molecular flexibility index (Phi) is 3.17. The van der Waals surface area contributed by atoms with E-state index >= 15 is 0 Å². The fraction of sp³-hybridized carbons (Fsp3) is 0.222. The van der Waals surface area contributed by atoms with Crippen molar-refractivity contribution in [2.45, 2.75) is 12.2 Å². The predicted molar refractivity (Wildman–Crippen MR) is 53.5 cm³/mol. The van der Waals surface area contributed by atoms with Crippen molar-refractivity contribution in [2.75, 3.05) is 5.32 Å². The average Bonchev–Trinajstić information content (AvgIpc) is 2.06. The highest BCUT2D eigenvalue weighted by atomic mass is 32.1. The van der Waals surface area contributed by atoms with Gasteiger partial charge in [-0.3, -0.25) is 4.79 Å². The van der Waals surface area contributed by atoms with E-state index in [1.165, 1.54) is 0 Å². The number of carbonyl (C=O) groups is 1. The Bertz CT molecular complexity index is 258. The molecule has 0 bridgehead atoms. The smallest absolute Gasteiger partial charge is 0.236 e. The Morgan fingerprint density at radius 3 is 2.50 bits per heavy atom. The molecule has 0 heterocycles. The molecule has 0 aromatic heterocycles. The molecule has 1 rings (SSSR count). The van der Waals surface area contributed by atoms with E-state index in [-0.39, 0.29) is 11.2 Å². The van der Waals surface area contributed by atoms with Gasteiger partial charge in [0, 0.05) is 5.69 Å². The highest BCUT2D eigenvalue weighted by Gasteiger charge is 2.06. The number of para-hydroxylation sites is 1. The highest BCUT2D eigenvalue weighted by molar-refractivity contribution is 7.81. The summed E-state index contributed by atoms with van der Waals surface area (Å²) >= 11 is 4.01. The molecule has 3 heteroatoms. The van der Waals surface area contributed by atoms with Crippen LogP contribution in [0.2, 0.25) is 0 Å². The van der Waals surface area contributed by atoms with Crippen molar-refractivity contribution >= 4 is 24.2 Å². The van der Waals surface area contributed by atoms with Crippen LogP contribution in [0.25, 0.3) is 0 Å². The molecule has 1 aromatic carbocycles. The maximum atomic E-state index is 11.1. The van der Waals surface area contributed by atoms with Gasteiger partial charge in [-0.05, 0) is 19.1 Å². The number of hydrogen-bond acceptors (Lipinski definition) is 2. The maximum absolute atomic E-state index is 11.1. The van der Waals surface area contributed by atoms with Crippen LogP contribution in [-0.2, 0) is 4.79 Å². The number of rotatable bonds is 2. The lowest BCUT2D eigenvalue weighted by molar-refractivity contribution is -0.115. The van der Waals surface area contributed by atoms with Crippen LogP contribution in [0.4, 0.5) is 5.69 Å². The van der Waals surface area contributed by atoms with E-state index in [0.29, 0.717) is 0 Å².